The summed E-state index contributed by atoms with van der Waals surface area (Å²) in [4.78, 5) is 26.7. The number of aryl methyl sites for hydroxylation is 1. The minimum absolute atomic E-state index is 0.00830. The Labute approximate surface area is 163 Å². The van der Waals surface area contributed by atoms with Crippen LogP contribution in [-0.2, 0) is 22.4 Å². The number of ether oxygens (including phenoxy) is 1. The van der Waals surface area contributed by atoms with E-state index in [4.69, 9.17) is 4.74 Å². The molecule has 1 amide bonds. The van der Waals surface area contributed by atoms with Crippen molar-refractivity contribution in [3.8, 4) is 0 Å². The van der Waals surface area contributed by atoms with Crippen LogP contribution in [-0.4, -0.2) is 18.5 Å². The Bertz CT molecular complexity index is 843. The van der Waals surface area contributed by atoms with Crippen LogP contribution in [0.2, 0.25) is 0 Å². The number of rotatable bonds is 6. The third kappa shape index (κ3) is 3.79. The molecule has 2 aliphatic carbocycles. The van der Waals surface area contributed by atoms with E-state index in [0.717, 1.165) is 44.1 Å². The van der Waals surface area contributed by atoms with E-state index < -0.39 is 0 Å². The van der Waals surface area contributed by atoms with Gasteiger partial charge in [0, 0.05) is 10.8 Å². The molecule has 2 atom stereocenters. The molecule has 2 aliphatic rings. The van der Waals surface area contributed by atoms with Crippen molar-refractivity contribution in [3.05, 3.63) is 51.9 Å². The molecule has 1 N–H and O–H groups in total. The third-order valence-corrected chi connectivity index (χ3v) is 6.61. The number of carbonyl (C=O) groups is 2. The van der Waals surface area contributed by atoms with Gasteiger partial charge in [0.15, 0.2) is 0 Å². The van der Waals surface area contributed by atoms with Gasteiger partial charge in [0.1, 0.15) is 5.00 Å². The normalized spacial score (nSPS) is 20.6. The summed E-state index contributed by atoms with van der Waals surface area (Å²) in [5.74, 6) is 0.0104. The standard InChI is InChI=1S/C22H25NO3S/c1-2-12-26-22(25)19-15-10-6-7-11-18(15)27-21(19)23-20(24)17-13-16(17)14-8-4-3-5-9-14/h3-5,8-9,16-17H,2,6-7,10-13H2,1H3,(H,23,24)/t16-,17-/m0/s1. The van der Waals surface area contributed by atoms with Gasteiger partial charge in [-0.25, -0.2) is 4.79 Å². The van der Waals surface area contributed by atoms with Gasteiger partial charge in [0.05, 0.1) is 12.2 Å². The Hall–Kier alpha value is -2.14. The summed E-state index contributed by atoms with van der Waals surface area (Å²) in [6, 6.07) is 10.2. The lowest BCUT2D eigenvalue weighted by Gasteiger charge is -2.12. The second kappa shape index (κ2) is 7.85. The highest BCUT2D eigenvalue weighted by atomic mass is 32.1. The van der Waals surface area contributed by atoms with E-state index in [9.17, 15) is 9.59 Å². The molecular formula is C22H25NO3S. The fourth-order valence-corrected chi connectivity index (χ4v) is 5.18. The molecule has 27 heavy (non-hydrogen) atoms. The molecule has 1 fully saturated rings. The maximum Gasteiger partial charge on any atom is 0.341 e. The summed E-state index contributed by atoms with van der Waals surface area (Å²) >= 11 is 1.56. The van der Waals surface area contributed by atoms with Crippen LogP contribution in [0.3, 0.4) is 0 Å². The number of fused-ring (bicyclic) bond motifs is 1. The first-order chi connectivity index (χ1) is 13.2. The summed E-state index contributed by atoms with van der Waals surface area (Å²) in [7, 11) is 0. The third-order valence-electron chi connectivity index (χ3n) is 5.40. The first kappa shape index (κ1) is 18.2. The Balaban J connectivity index is 1.52. The zero-order chi connectivity index (χ0) is 18.8. The summed E-state index contributed by atoms with van der Waals surface area (Å²) < 4.78 is 5.41. The molecule has 1 aromatic heterocycles. The van der Waals surface area contributed by atoms with Gasteiger partial charge in [-0.05, 0) is 55.6 Å². The van der Waals surface area contributed by atoms with Gasteiger partial charge >= 0.3 is 5.97 Å². The molecule has 0 unspecified atom stereocenters. The van der Waals surface area contributed by atoms with E-state index >= 15 is 0 Å². The van der Waals surface area contributed by atoms with Crippen molar-refractivity contribution in [2.75, 3.05) is 11.9 Å². The van der Waals surface area contributed by atoms with Gasteiger partial charge in [-0.15, -0.1) is 11.3 Å². The number of thiophene rings is 1. The smallest absolute Gasteiger partial charge is 0.341 e. The molecule has 1 saturated carbocycles. The number of nitrogens with one attached hydrogen (secondary N) is 1. The molecule has 2 aromatic rings. The number of hydrogen-bond donors (Lipinski definition) is 1. The average Bonchev–Trinajstić information content (AvgIpc) is 3.42. The van der Waals surface area contributed by atoms with Crippen molar-refractivity contribution >= 4 is 28.2 Å². The van der Waals surface area contributed by atoms with Gasteiger partial charge in [-0.1, -0.05) is 37.3 Å². The maximum atomic E-state index is 12.8. The molecule has 0 aliphatic heterocycles. The van der Waals surface area contributed by atoms with E-state index in [0.29, 0.717) is 17.2 Å². The minimum atomic E-state index is -0.290. The first-order valence-corrected chi connectivity index (χ1v) is 10.7. The van der Waals surface area contributed by atoms with Gasteiger partial charge < -0.3 is 10.1 Å². The predicted octanol–water partition coefficient (Wildman–Crippen LogP) is 4.94. The number of amides is 1. The molecule has 5 heteroatoms. The number of hydrogen-bond acceptors (Lipinski definition) is 4. The summed E-state index contributed by atoms with van der Waals surface area (Å²) in [5.41, 5.74) is 2.91. The van der Waals surface area contributed by atoms with Crippen LogP contribution in [0.5, 0.6) is 0 Å². The molecule has 0 spiro atoms. The van der Waals surface area contributed by atoms with Crippen molar-refractivity contribution in [2.45, 2.75) is 51.4 Å². The number of anilines is 1. The fourth-order valence-electron chi connectivity index (χ4n) is 3.89. The lowest BCUT2D eigenvalue weighted by atomic mass is 9.95. The van der Waals surface area contributed by atoms with Crippen LogP contribution in [0, 0.1) is 5.92 Å². The lowest BCUT2D eigenvalue weighted by Crippen LogP contribution is -2.17. The van der Waals surface area contributed by atoms with Crippen LogP contribution in [0.1, 0.15) is 64.9 Å². The number of esters is 1. The van der Waals surface area contributed by atoms with Crippen LogP contribution < -0.4 is 5.32 Å². The molecule has 142 valence electrons. The lowest BCUT2D eigenvalue weighted by molar-refractivity contribution is -0.117. The highest BCUT2D eigenvalue weighted by Gasteiger charge is 2.44. The number of benzene rings is 1. The molecule has 0 bridgehead atoms. The topological polar surface area (TPSA) is 55.4 Å². The summed E-state index contributed by atoms with van der Waals surface area (Å²) in [6.45, 7) is 2.39. The predicted molar refractivity (Wildman–Crippen MR) is 107 cm³/mol. The molecule has 0 saturated heterocycles. The maximum absolute atomic E-state index is 12.8. The molecule has 0 radical (unpaired) electrons. The molecular weight excluding hydrogens is 358 g/mol. The highest BCUT2D eigenvalue weighted by molar-refractivity contribution is 7.17. The molecule has 4 nitrogen and oxygen atoms in total. The Morgan fingerprint density at radius 1 is 1.19 bits per heavy atom. The minimum Gasteiger partial charge on any atom is -0.462 e. The second-order valence-corrected chi connectivity index (χ2v) is 8.50. The zero-order valence-electron chi connectivity index (χ0n) is 15.6. The number of carbonyl (C=O) groups excluding carboxylic acids is 2. The Morgan fingerprint density at radius 3 is 2.74 bits per heavy atom. The van der Waals surface area contributed by atoms with Gasteiger partial charge in [-0.2, -0.15) is 0 Å². The van der Waals surface area contributed by atoms with Crippen molar-refractivity contribution in [2.24, 2.45) is 5.92 Å². The van der Waals surface area contributed by atoms with Crippen LogP contribution in [0.4, 0.5) is 5.00 Å². The van der Waals surface area contributed by atoms with E-state index in [1.54, 1.807) is 11.3 Å². The first-order valence-electron chi connectivity index (χ1n) is 9.86. The highest BCUT2D eigenvalue weighted by Crippen LogP contribution is 2.48. The van der Waals surface area contributed by atoms with Crippen molar-refractivity contribution in [3.63, 3.8) is 0 Å². The Morgan fingerprint density at radius 2 is 1.96 bits per heavy atom. The molecule has 4 rings (SSSR count). The van der Waals surface area contributed by atoms with Gasteiger partial charge in [0.2, 0.25) is 5.91 Å². The van der Waals surface area contributed by atoms with Crippen LogP contribution >= 0.6 is 11.3 Å². The largest absolute Gasteiger partial charge is 0.462 e. The van der Waals surface area contributed by atoms with Crippen molar-refractivity contribution in [1.29, 1.82) is 0 Å². The van der Waals surface area contributed by atoms with Crippen molar-refractivity contribution in [1.82, 2.24) is 0 Å². The fraction of sp³-hybridized carbons (Fsp3) is 0.455. The van der Waals surface area contributed by atoms with E-state index in [1.807, 2.05) is 25.1 Å². The van der Waals surface area contributed by atoms with Crippen LogP contribution in [0.15, 0.2) is 30.3 Å². The SMILES string of the molecule is CCCOC(=O)c1c(NC(=O)[C@H]2C[C@H]2c2ccccc2)sc2c1CCCC2. The monoisotopic (exact) mass is 383 g/mol. The second-order valence-electron chi connectivity index (χ2n) is 7.40. The van der Waals surface area contributed by atoms with Crippen molar-refractivity contribution < 1.29 is 14.3 Å². The summed E-state index contributed by atoms with van der Waals surface area (Å²) in [5, 5.41) is 3.75. The molecule has 1 aromatic carbocycles. The van der Waals surface area contributed by atoms with Crippen LogP contribution in [0.25, 0.3) is 0 Å². The summed E-state index contributed by atoms with van der Waals surface area (Å²) in [6.07, 6.45) is 5.78. The van der Waals surface area contributed by atoms with Gasteiger partial charge in [-0.3, -0.25) is 4.79 Å². The van der Waals surface area contributed by atoms with E-state index in [-0.39, 0.29) is 23.7 Å². The van der Waals surface area contributed by atoms with Gasteiger partial charge in [0.25, 0.3) is 0 Å². The van der Waals surface area contributed by atoms with E-state index in [2.05, 4.69) is 17.4 Å². The average molecular weight is 384 g/mol. The Kier molecular flexibility index (Phi) is 5.30. The van der Waals surface area contributed by atoms with E-state index in [1.165, 1.54) is 10.4 Å². The quantitative estimate of drug-likeness (QED) is 0.719. The zero-order valence-corrected chi connectivity index (χ0v) is 16.4. The molecule has 1 heterocycles.